The number of hydrogen-bond donors (Lipinski definition) is 1. The Labute approximate surface area is 129 Å². The van der Waals surface area contributed by atoms with Crippen LogP contribution in [0.2, 0.25) is 0 Å². The van der Waals surface area contributed by atoms with Crippen LogP contribution in [-0.2, 0) is 25.5 Å². The topological polar surface area (TPSA) is 64.6 Å². The van der Waals surface area contributed by atoms with Crippen molar-refractivity contribution in [3.8, 4) is 0 Å². The lowest BCUT2D eigenvalue weighted by molar-refractivity contribution is -0.158. The molecule has 0 spiro atoms. The smallest absolute Gasteiger partial charge is 0.335 e. The Balaban J connectivity index is 2.19. The van der Waals surface area contributed by atoms with E-state index in [2.05, 4.69) is 11.9 Å². The van der Waals surface area contributed by atoms with Gasteiger partial charge in [0.1, 0.15) is 5.82 Å². The molecule has 0 aromatic heterocycles. The minimum absolute atomic E-state index is 0.236. The van der Waals surface area contributed by atoms with Crippen LogP contribution in [0, 0.1) is 5.82 Å². The summed E-state index contributed by atoms with van der Waals surface area (Å²) in [6, 6.07) is 6.04. The summed E-state index contributed by atoms with van der Waals surface area (Å²) in [7, 11) is 0. The zero-order valence-corrected chi connectivity index (χ0v) is 12.5. The SMILES string of the molecule is C=CCOC(C)C(=O)OCC(=O)NCCc1ccc(F)cc1. The minimum atomic E-state index is -0.745. The zero-order chi connectivity index (χ0) is 16.4. The Kier molecular flexibility index (Phi) is 7.85. The zero-order valence-electron chi connectivity index (χ0n) is 12.5. The maximum atomic E-state index is 12.7. The van der Waals surface area contributed by atoms with E-state index in [0.29, 0.717) is 13.0 Å². The highest BCUT2D eigenvalue weighted by atomic mass is 19.1. The van der Waals surface area contributed by atoms with Crippen molar-refractivity contribution in [2.75, 3.05) is 19.8 Å². The Morgan fingerprint density at radius 2 is 2.05 bits per heavy atom. The first-order valence-corrected chi connectivity index (χ1v) is 6.93. The molecule has 0 bridgehead atoms. The lowest BCUT2D eigenvalue weighted by Crippen LogP contribution is -2.33. The average molecular weight is 309 g/mol. The van der Waals surface area contributed by atoms with Crippen LogP contribution in [0.5, 0.6) is 0 Å². The molecule has 0 aliphatic carbocycles. The van der Waals surface area contributed by atoms with Crippen LogP contribution in [0.4, 0.5) is 4.39 Å². The number of amides is 1. The van der Waals surface area contributed by atoms with Gasteiger partial charge in [0.2, 0.25) is 0 Å². The summed E-state index contributed by atoms with van der Waals surface area (Å²) in [4.78, 5) is 23.0. The number of halogens is 1. The maximum Gasteiger partial charge on any atom is 0.335 e. The molecule has 1 N–H and O–H groups in total. The van der Waals surface area contributed by atoms with E-state index in [1.807, 2.05) is 0 Å². The van der Waals surface area contributed by atoms with E-state index in [4.69, 9.17) is 9.47 Å². The number of esters is 1. The Hall–Kier alpha value is -2.21. The predicted molar refractivity (Wildman–Crippen MR) is 79.7 cm³/mol. The first-order valence-electron chi connectivity index (χ1n) is 6.93. The predicted octanol–water partition coefficient (Wildman–Crippen LogP) is 1.62. The van der Waals surface area contributed by atoms with Gasteiger partial charge in [-0.05, 0) is 31.0 Å². The van der Waals surface area contributed by atoms with Crippen molar-refractivity contribution < 1.29 is 23.5 Å². The van der Waals surface area contributed by atoms with E-state index in [1.54, 1.807) is 12.1 Å². The number of benzene rings is 1. The third kappa shape index (κ3) is 6.99. The molecule has 0 radical (unpaired) electrons. The van der Waals surface area contributed by atoms with Crippen LogP contribution in [0.25, 0.3) is 0 Å². The quantitative estimate of drug-likeness (QED) is 0.556. The largest absolute Gasteiger partial charge is 0.454 e. The number of nitrogens with one attached hydrogen (secondary N) is 1. The Bertz CT molecular complexity index is 501. The number of carbonyl (C=O) groups excluding carboxylic acids is 2. The van der Waals surface area contributed by atoms with Gasteiger partial charge in [-0.25, -0.2) is 9.18 Å². The lowest BCUT2D eigenvalue weighted by atomic mass is 10.1. The second-order valence-corrected chi connectivity index (χ2v) is 4.60. The molecular formula is C16H20FNO4. The molecule has 0 aliphatic rings. The van der Waals surface area contributed by atoms with Crippen LogP contribution in [-0.4, -0.2) is 37.7 Å². The Morgan fingerprint density at radius 1 is 1.36 bits per heavy atom. The number of rotatable bonds is 9. The maximum absolute atomic E-state index is 12.7. The molecule has 1 unspecified atom stereocenters. The van der Waals surface area contributed by atoms with Gasteiger partial charge in [0.05, 0.1) is 6.61 Å². The molecule has 6 heteroatoms. The molecule has 1 rings (SSSR count). The summed E-state index contributed by atoms with van der Waals surface area (Å²) >= 11 is 0. The molecule has 0 saturated carbocycles. The van der Waals surface area contributed by atoms with Crippen molar-refractivity contribution in [3.05, 3.63) is 48.3 Å². The second kappa shape index (κ2) is 9.68. The molecule has 5 nitrogen and oxygen atoms in total. The molecule has 22 heavy (non-hydrogen) atoms. The van der Waals surface area contributed by atoms with Crippen molar-refractivity contribution in [2.45, 2.75) is 19.4 Å². The standard InChI is InChI=1S/C16H20FNO4/c1-3-10-21-12(2)16(20)22-11-15(19)18-9-8-13-4-6-14(17)7-5-13/h3-7,12H,1,8-11H2,2H3,(H,18,19). The second-order valence-electron chi connectivity index (χ2n) is 4.60. The average Bonchev–Trinajstić information content (AvgIpc) is 2.52. The van der Waals surface area contributed by atoms with Crippen molar-refractivity contribution in [1.29, 1.82) is 0 Å². The van der Waals surface area contributed by atoms with Gasteiger partial charge in [0.15, 0.2) is 12.7 Å². The molecule has 0 aliphatic heterocycles. The molecule has 0 heterocycles. The van der Waals surface area contributed by atoms with E-state index in [-0.39, 0.29) is 19.0 Å². The van der Waals surface area contributed by atoms with Crippen LogP contribution >= 0.6 is 0 Å². The van der Waals surface area contributed by atoms with Gasteiger partial charge in [-0.15, -0.1) is 6.58 Å². The van der Waals surface area contributed by atoms with E-state index in [1.165, 1.54) is 25.1 Å². The van der Waals surface area contributed by atoms with E-state index < -0.39 is 18.0 Å². The van der Waals surface area contributed by atoms with Crippen LogP contribution in [0.3, 0.4) is 0 Å². The molecule has 1 aromatic rings. The van der Waals surface area contributed by atoms with Gasteiger partial charge < -0.3 is 14.8 Å². The van der Waals surface area contributed by atoms with Gasteiger partial charge in [-0.2, -0.15) is 0 Å². The van der Waals surface area contributed by atoms with E-state index in [0.717, 1.165) is 5.56 Å². The lowest BCUT2D eigenvalue weighted by Gasteiger charge is -2.11. The third-order valence-electron chi connectivity index (χ3n) is 2.79. The van der Waals surface area contributed by atoms with Crippen molar-refractivity contribution >= 4 is 11.9 Å². The van der Waals surface area contributed by atoms with Gasteiger partial charge in [0.25, 0.3) is 5.91 Å². The monoisotopic (exact) mass is 309 g/mol. The van der Waals surface area contributed by atoms with E-state index in [9.17, 15) is 14.0 Å². The summed E-state index contributed by atoms with van der Waals surface area (Å²) in [5, 5.41) is 2.62. The Morgan fingerprint density at radius 3 is 2.68 bits per heavy atom. The summed E-state index contributed by atoms with van der Waals surface area (Å²) in [5.74, 6) is -1.30. The number of carbonyl (C=O) groups is 2. The molecular weight excluding hydrogens is 289 g/mol. The number of ether oxygens (including phenoxy) is 2. The van der Waals surface area contributed by atoms with E-state index >= 15 is 0 Å². The normalized spacial score (nSPS) is 11.5. The van der Waals surface area contributed by atoms with Gasteiger partial charge in [-0.1, -0.05) is 18.2 Å². The highest BCUT2D eigenvalue weighted by molar-refractivity contribution is 5.81. The highest BCUT2D eigenvalue weighted by Gasteiger charge is 2.15. The molecule has 1 aromatic carbocycles. The van der Waals surface area contributed by atoms with Crippen molar-refractivity contribution in [2.24, 2.45) is 0 Å². The van der Waals surface area contributed by atoms with Crippen LogP contribution in [0.15, 0.2) is 36.9 Å². The van der Waals surface area contributed by atoms with Gasteiger partial charge in [0, 0.05) is 6.54 Å². The summed E-state index contributed by atoms with van der Waals surface area (Å²) in [6.07, 6.45) is 1.34. The minimum Gasteiger partial charge on any atom is -0.454 e. The fourth-order valence-electron chi connectivity index (χ4n) is 1.58. The van der Waals surface area contributed by atoms with Crippen molar-refractivity contribution in [3.63, 3.8) is 0 Å². The first-order chi connectivity index (χ1) is 10.5. The third-order valence-corrected chi connectivity index (χ3v) is 2.79. The fraction of sp³-hybridized carbons (Fsp3) is 0.375. The van der Waals surface area contributed by atoms with Gasteiger partial charge >= 0.3 is 5.97 Å². The van der Waals surface area contributed by atoms with Crippen LogP contribution in [0.1, 0.15) is 12.5 Å². The molecule has 120 valence electrons. The summed E-state index contributed by atoms with van der Waals surface area (Å²) in [5.41, 5.74) is 0.908. The summed E-state index contributed by atoms with van der Waals surface area (Å²) in [6.45, 7) is 5.27. The highest BCUT2D eigenvalue weighted by Crippen LogP contribution is 2.02. The first kappa shape index (κ1) is 17.8. The number of hydrogen-bond acceptors (Lipinski definition) is 4. The molecule has 1 atom stereocenters. The molecule has 0 saturated heterocycles. The molecule has 0 fully saturated rings. The fourth-order valence-corrected chi connectivity index (χ4v) is 1.58. The van der Waals surface area contributed by atoms with Crippen LogP contribution < -0.4 is 5.32 Å². The van der Waals surface area contributed by atoms with Gasteiger partial charge in [-0.3, -0.25) is 4.79 Å². The summed E-state index contributed by atoms with van der Waals surface area (Å²) < 4.78 is 22.6. The molecule has 1 amide bonds. The van der Waals surface area contributed by atoms with Crippen molar-refractivity contribution in [1.82, 2.24) is 5.32 Å².